The number of rotatable bonds is 10. The Morgan fingerprint density at radius 1 is 1.33 bits per heavy atom. The molecule has 0 atom stereocenters. The molecule has 0 aliphatic rings. The Kier molecular flexibility index (Phi) is 6.86. The van der Waals surface area contributed by atoms with Gasteiger partial charge in [0.15, 0.2) is 0 Å². The molecule has 1 rings (SSSR count). The maximum atomic E-state index is 12.2. The number of hydrogen-bond donors (Lipinski definition) is 2. The Bertz CT molecular complexity index is 523. The molecule has 1 aromatic rings. The van der Waals surface area contributed by atoms with Gasteiger partial charge in [-0.05, 0) is 30.5 Å². The molecule has 6 nitrogen and oxygen atoms in total. The van der Waals surface area contributed by atoms with Gasteiger partial charge in [0, 0.05) is 20.3 Å². The Morgan fingerprint density at radius 2 is 2.05 bits per heavy atom. The van der Waals surface area contributed by atoms with Gasteiger partial charge in [-0.2, -0.15) is 0 Å². The van der Waals surface area contributed by atoms with Crippen molar-refractivity contribution in [3.05, 3.63) is 17.9 Å². The van der Waals surface area contributed by atoms with Crippen molar-refractivity contribution in [3.63, 3.8) is 0 Å². The smallest absolute Gasteiger partial charge is 0.273 e. The van der Waals surface area contributed by atoms with Crippen LogP contribution in [0.5, 0.6) is 0 Å². The van der Waals surface area contributed by atoms with E-state index < -0.39 is 10.0 Å². The van der Waals surface area contributed by atoms with Crippen molar-refractivity contribution in [3.8, 4) is 0 Å². The summed E-state index contributed by atoms with van der Waals surface area (Å²) < 4.78 is 37.4. The van der Waals surface area contributed by atoms with Crippen LogP contribution in [0.2, 0.25) is 0 Å². The third kappa shape index (κ3) is 6.17. The lowest BCUT2D eigenvalue weighted by Crippen LogP contribution is -2.34. The number of sulfonamides is 1. The molecule has 0 saturated carbocycles. The zero-order valence-corrected chi connectivity index (χ0v) is 14.0. The van der Waals surface area contributed by atoms with Gasteiger partial charge in [0.25, 0.3) is 10.0 Å². The second-order valence-electron chi connectivity index (χ2n) is 5.73. The molecular formula is C14H26N2O4S. The molecule has 7 heteroatoms. The van der Waals surface area contributed by atoms with E-state index in [0.29, 0.717) is 25.5 Å². The standard InChI is InChI=1S/C14H26N2O4S/c1-5-15-10-12-6-7-13(20-12)21(17,18)16-11-14(2,3)8-9-19-4/h6-7,15-16H,5,8-11H2,1-4H3. The first-order valence-corrected chi connectivity index (χ1v) is 8.57. The number of hydrogen-bond acceptors (Lipinski definition) is 5. The van der Waals surface area contributed by atoms with Gasteiger partial charge < -0.3 is 14.5 Å². The summed E-state index contributed by atoms with van der Waals surface area (Å²) in [5.41, 5.74) is -0.178. The third-order valence-corrected chi connectivity index (χ3v) is 4.45. The van der Waals surface area contributed by atoms with Crippen molar-refractivity contribution in [2.45, 2.75) is 38.8 Å². The molecule has 0 aliphatic heterocycles. The molecule has 0 fully saturated rings. The zero-order chi connectivity index (χ0) is 15.9. The van der Waals surface area contributed by atoms with Gasteiger partial charge >= 0.3 is 0 Å². The van der Waals surface area contributed by atoms with Gasteiger partial charge in [-0.1, -0.05) is 20.8 Å². The second kappa shape index (κ2) is 7.93. The fourth-order valence-electron chi connectivity index (χ4n) is 1.67. The highest BCUT2D eigenvalue weighted by Gasteiger charge is 2.24. The van der Waals surface area contributed by atoms with Crippen LogP contribution in [0.1, 0.15) is 33.0 Å². The van der Waals surface area contributed by atoms with E-state index in [1.807, 2.05) is 20.8 Å². The molecule has 0 radical (unpaired) electrons. The predicted octanol–water partition coefficient (Wildman–Crippen LogP) is 1.73. The lowest BCUT2D eigenvalue weighted by atomic mass is 9.90. The van der Waals surface area contributed by atoms with Crippen LogP contribution in [0, 0.1) is 5.41 Å². The molecule has 0 amide bonds. The highest BCUT2D eigenvalue weighted by atomic mass is 32.2. The van der Waals surface area contributed by atoms with E-state index in [-0.39, 0.29) is 10.5 Å². The zero-order valence-electron chi connectivity index (χ0n) is 13.2. The number of nitrogens with one attached hydrogen (secondary N) is 2. The summed E-state index contributed by atoms with van der Waals surface area (Å²) in [7, 11) is -1.97. The summed E-state index contributed by atoms with van der Waals surface area (Å²) in [5, 5.41) is 3.04. The fraction of sp³-hybridized carbons (Fsp3) is 0.714. The van der Waals surface area contributed by atoms with Crippen LogP contribution in [-0.4, -0.2) is 35.2 Å². The first-order valence-electron chi connectivity index (χ1n) is 7.09. The van der Waals surface area contributed by atoms with Crippen molar-refractivity contribution in [2.24, 2.45) is 5.41 Å². The van der Waals surface area contributed by atoms with Crippen LogP contribution in [0.15, 0.2) is 21.6 Å². The third-order valence-electron chi connectivity index (χ3n) is 3.17. The van der Waals surface area contributed by atoms with Crippen molar-refractivity contribution < 1.29 is 17.6 Å². The lowest BCUT2D eigenvalue weighted by Gasteiger charge is -2.24. The molecule has 0 aromatic carbocycles. The number of furan rings is 1. The first-order chi connectivity index (χ1) is 9.80. The summed E-state index contributed by atoms with van der Waals surface area (Å²) >= 11 is 0. The molecule has 2 N–H and O–H groups in total. The Labute approximate surface area is 127 Å². The molecule has 0 unspecified atom stereocenters. The van der Waals surface area contributed by atoms with Crippen molar-refractivity contribution in [1.82, 2.24) is 10.0 Å². The van der Waals surface area contributed by atoms with Crippen LogP contribution >= 0.6 is 0 Å². The summed E-state index contributed by atoms with van der Waals surface area (Å²) in [5.74, 6) is 0.607. The minimum Gasteiger partial charge on any atom is -0.447 e. The Balaban J connectivity index is 2.62. The van der Waals surface area contributed by atoms with E-state index in [9.17, 15) is 8.42 Å². The van der Waals surface area contributed by atoms with E-state index in [1.165, 1.54) is 6.07 Å². The van der Waals surface area contributed by atoms with Crippen LogP contribution < -0.4 is 10.0 Å². The van der Waals surface area contributed by atoms with E-state index in [1.54, 1.807) is 13.2 Å². The molecular weight excluding hydrogens is 292 g/mol. The van der Waals surface area contributed by atoms with Crippen LogP contribution in [0.25, 0.3) is 0 Å². The maximum absolute atomic E-state index is 12.2. The topological polar surface area (TPSA) is 80.6 Å². The van der Waals surface area contributed by atoms with Gasteiger partial charge in [-0.15, -0.1) is 0 Å². The molecule has 0 spiro atoms. The van der Waals surface area contributed by atoms with Crippen molar-refractivity contribution in [2.75, 3.05) is 26.8 Å². The quantitative estimate of drug-likeness (QED) is 0.687. The van der Waals surface area contributed by atoms with Gasteiger partial charge in [-0.25, -0.2) is 13.1 Å². The largest absolute Gasteiger partial charge is 0.447 e. The van der Waals surface area contributed by atoms with Crippen molar-refractivity contribution >= 4 is 10.0 Å². The maximum Gasteiger partial charge on any atom is 0.273 e. The molecule has 0 saturated heterocycles. The van der Waals surface area contributed by atoms with Crippen LogP contribution in [0.3, 0.4) is 0 Å². The number of ether oxygens (including phenoxy) is 1. The SMILES string of the molecule is CCNCc1ccc(S(=O)(=O)NCC(C)(C)CCOC)o1. The summed E-state index contributed by atoms with van der Waals surface area (Å²) in [6.07, 6.45) is 0.774. The van der Waals surface area contributed by atoms with E-state index >= 15 is 0 Å². The highest BCUT2D eigenvalue weighted by molar-refractivity contribution is 7.89. The average molecular weight is 318 g/mol. The van der Waals surface area contributed by atoms with E-state index in [0.717, 1.165) is 13.0 Å². The van der Waals surface area contributed by atoms with E-state index in [4.69, 9.17) is 9.15 Å². The Morgan fingerprint density at radius 3 is 2.67 bits per heavy atom. The molecule has 122 valence electrons. The Hall–Kier alpha value is -0.890. The molecule has 21 heavy (non-hydrogen) atoms. The van der Waals surface area contributed by atoms with Gasteiger partial charge in [0.05, 0.1) is 6.54 Å². The van der Waals surface area contributed by atoms with Gasteiger partial charge in [0.1, 0.15) is 5.76 Å². The molecule has 1 aromatic heterocycles. The molecule has 1 heterocycles. The van der Waals surface area contributed by atoms with Crippen molar-refractivity contribution in [1.29, 1.82) is 0 Å². The number of methoxy groups -OCH3 is 1. The lowest BCUT2D eigenvalue weighted by molar-refractivity contribution is 0.153. The second-order valence-corrected chi connectivity index (χ2v) is 7.43. The monoisotopic (exact) mass is 318 g/mol. The van der Waals surface area contributed by atoms with Crippen LogP contribution in [0.4, 0.5) is 0 Å². The molecule has 0 aliphatic carbocycles. The predicted molar refractivity (Wildman–Crippen MR) is 81.6 cm³/mol. The molecule has 0 bridgehead atoms. The van der Waals surface area contributed by atoms with Crippen LogP contribution in [-0.2, 0) is 21.3 Å². The summed E-state index contributed by atoms with van der Waals surface area (Å²) in [6, 6.07) is 3.16. The minimum atomic E-state index is -3.61. The summed E-state index contributed by atoms with van der Waals surface area (Å²) in [4.78, 5) is 0. The normalized spacial score (nSPS) is 12.8. The average Bonchev–Trinajstić information content (AvgIpc) is 2.91. The van der Waals surface area contributed by atoms with E-state index in [2.05, 4.69) is 10.0 Å². The van der Waals surface area contributed by atoms with Gasteiger partial charge in [0.2, 0.25) is 5.09 Å². The first kappa shape index (κ1) is 18.2. The fourth-order valence-corrected chi connectivity index (χ4v) is 2.86. The summed E-state index contributed by atoms with van der Waals surface area (Å²) in [6.45, 7) is 8.22. The minimum absolute atomic E-state index is 0.0436. The van der Waals surface area contributed by atoms with Gasteiger partial charge in [-0.3, -0.25) is 0 Å². The highest BCUT2D eigenvalue weighted by Crippen LogP contribution is 2.21.